The van der Waals surface area contributed by atoms with Crippen LogP contribution in [0.3, 0.4) is 0 Å². The molecule has 26 heavy (non-hydrogen) atoms. The summed E-state index contributed by atoms with van der Waals surface area (Å²) in [5, 5.41) is 3.01. The molecule has 1 atom stereocenters. The summed E-state index contributed by atoms with van der Waals surface area (Å²) in [7, 11) is 0. The average Bonchev–Trinajstić information content (AvgIpc) is 2.97. The number of hydrogen-bond acceptors (Lipinski definition) is 2. The SMILES string of the molecule is CCc1cc(Br)ccc1NC(=O)[C@H]1CC(=O)N(c2cc(C)cc(C)c2)C1. The molecule has 1 aliphatic rings. The largest absolute Gasteiger partial charge is 0.326 e. The number of halogens is 1. The van der Waals surface area contributed by atoms with Gasteiger partial charge in [0.25, 0.3) is 0 Å². The first-order chi connectivity index (χ1) is 12.4. The van der Waals surface area contributed by atoms with Crippen LogP contribution in [-0.2, 0) is 16.0 Å². The fraction of sp³-hybridized carbons (Fsp3) is 0.333. The van der Waals surface area contributed by atoms with E-state index >= 15 is 0 Å². The summed E-state index contributed by atoms with van der Waals surface area (Å²) < 4.78 is 0.990. The summed E-state index contributed by atoms with van der Waals surface area (Å²) in [6.07, 6.45) is 1.07. The maximum atomic E-state index is 12.7. The minimum absolute atomic E-state index is 0.00155. The van der Waals surface area contributed by atoms with E-state index in [1.165, 1.54) is 0 Å². The van der Waals surface area contributed by atoms with Crippen LogP contribution in [0.2, 0.25) is 0 Å². The lowest BCUT2D eigenvalue weighted by molar-refractivity contribution is -0.122. The van der Waals surface area contributed by atoms with Crippen molar-refractivity contribution in [2.24, 2.45) is 5.92 Å². The van der Waals surface area contributed by atoms with Crippen molar-refractivity contribution >= 4 is 39.1 Å². The summed E-state index contributed by atoms with van der Waals surface area (Å²) in [6.45, 7) is 6.51. The van der Waals surface area contributed by atoms with E-state index in [-0.39, 0.29) is 24.2 Å². The molecular weight excluding hydrogens is 392 g/mol. The Morgan fingerprint density at radius 2 is 1.88 bits per heavy atom. The molecule has 0 bridgehead atoms. The van der Waals surface area contributed by atoms with Crippen LogP contribution in [0.4, 0.5) is 11.4 Å². The molecule has 0 unspecified atom stereocenters. The van der Waals surface area contributed by atoms with Crippen molar-refractivity contribution in [3.63, 3.8) is 0 Å². The second-order valence-corrected chi connectivity index (χ2v) is 7.81. The summed E-state index contributed by atoms with van der Waals surface area (Å²) in [4.78, 5) is 26.9. The molecule has 4 nitrogen and oxygen atoms in total. The number of hydrogen-bond donors (Lipinski definition) is 1. The first-order valence-corrected chi connectivity index (χ1v) is 9.64. The molecule has 1 N–H and O–H groups in total. The summed E-state index contributed by atoms with van der Waals surface area (Å²) in [6, 6.07) is 11.9. The predicted molar refractivity (Wildman–Crippen MR) is 109 cm³/mol. The van der Waals surface area contributed by atoms with Crippen molar-refractivity contribution in [2.75, 3.05) is 16.8 Å². The van der Waals surface area contributed by atoms with Crippen LogP contribution >= 0.6 is 15.9 Å². The molecule has 3 rings (SSSR count). The smallest absolute Gasteiger partial charge is 0.229 e. The normalized spacial score (nSPS) is 16.8. The highest BCUT2D eigenvalue weighted by Crippen LogP contribution is 2.28. The van der Waals surface area contributed by atoms with Crippen LogP contribution in [0.15, 0.2) is 40.9 Å². The summed E-state index contributed by atoms with van der Waals surface area (Å²) in [5.74, 6) is -0.430. The average molecular weight is 415 g/mol. The Labute approximate surface area is 162 Å². The van der Waals surface area contributed by atoms with Crippen LogP contribution in [0, 0.1) is 19.8 Å². The van der Waals surface area contributed by atoms with E-state index in [4.69, 9.17) is 0 Å². The van der Waals surface area contributed by atoms with Crippen LogP contribution < -0.4 is 10.2 Å². The van der Waals surface area contributed by atoms with E-state index in [1.54, 1.807) is 4.90 Å². The van der Waals surface area contributed by atoms with Crippen LogP contribution in [0.25, 0.3) is 0 Å². The van der Waals surface area contributed by atoms with Gasteiger partial charge in [-0.05, 0) is 67.3 Å². The Morgan fingerprint density at radius 1 is 1.19 bits per heavy atom. The maximum Gasteiger partial charge on any atom is 0.229 e. The van der Waals surface area contributed by atoms with E-state index in [9.17, 15) is 9.59 Å². The van der Waals surface area contributed by atoms with Gasteiger partial charge in [0.2, 0.25) is 11.8 Å². The number of amides is 2. The number of nitrogens with zero attached hydrogens (tertiary/aromatic N) is 1. The molecule has 0 spiro atoms. The van der Waals surface area contributed by atoms with Gasteiger partial charge < -0.3 is 10.2 Å². The first kappa shape index (κ1) is 18.6. The van der Waals surface area contributed by atoms with Crippen molar-refractivity contribution in [1.82, 2.24) is 0 Å². The van der Waals surface area contributed by atoms with Crippen molar-refractivity contribution < 1.29 is 9.59 Å². The highest BCUT2D eigenvalue weighted by Gasteiger charge is 2.35. The molecule has 1 heterocycles. The van der Waals surface area contributed by atoms with Gasteiger partial charge in [0.05, 0.1) is 5.92 Å². The third-order valence-corrected chi connectivity index (χ3v) is 5.21. The topological polar surface area (TPSA) is 49.4 Å². The highest BCUT2D eigenvalue weighted by molar-refractivity contribution is 9.10. The third-order valence-electron chi connectivity index (χ3n) is 4.72. The number of benzene rings is 2. The van der Waals surface area contributed by atoms with Crippen LogP contribution in [0.5, 0.6) is 0 Å². The lowest BCUT2D eigenvalue weighted by Crippen LogP contribution is -2.28. The molecule has 0 radical (unpaired) electrons. The van der Waals surface area contributed by atoms with Gasteiger partial charge in [0.15, 0.2) is 0 Å². The monoisotopic (exact) mass is 414 g/mol. The fourth-order valence-corrected chi connectivity index (χ4v) is 3.86. The molecule has 2 aromatic carbocycles. The third kappa shape index (κ3) is 3.98. The zero-order valence-corrected chi connectivity index (χ0v) is 16.9. The molecule has 5 heteroatoms. The van der Waals surface area contributed by atoms with Crippen molar-refractivity contribution in [1.29, 1.82) is 0 Å². The number of aryl methyl sites for hydroxylation is 3. The molecule has 1 saturated heterocycles. The number of carbonyl (C=O) groups excluding carboxylic acids is 2. The van der Waals surface area contributed by atoms with Gasteiger partial charge in [-0.1, -0.05) is 28.9 Å². The molecule has 1 aliphatic heterocycles. The molecule has 2 amide bonds. The zero-order chi connectivity index (χ0) is 18.8. The first-order valence-electron chi connectivity index (χ1n) is 8.85. The maximum absolute atomic E-state index is 12.7. The highest BCUT2D eigenvalue weighted by atomic mass is 79.9. The van der Waals surface area contributed by atoms with Crippen molar-refractivity contribution in [2.45, 2.75) is 33.6 Å². The Balaban J connectivity index is 1.75. The van der Waals surface area contributed by atoms with E-state index in [0.717, 1.165) is 39.0 Å². The molecule has 0 saturated carbocycles. The van der Waals surface area contributed by atoms with Crippen molar-refractivity contribution in [3.8, 4) is 0 Å². The Morgan fingerprint density at radius 3 is 2.54 bits per heavy atom. The minimum Gasteiger partial charge on any atom is -0.326 e. The van der Waals surface area contributed by atoms with Crippen molar-refractivity contribution in [3.05, 3.63) is 57.6 Å². The Kier molecular flexibility index (Phi) is 5.47. The van der Waals surface area contributed by atoms with Gasteiger partial charge in [-0.15, -0.1) is 0 Å². The Hall–Kier alpha value is -2.14. The molecule has 0 aliphatic carbocycles. The number of anilines is 2. The summed E-state index contributed by atoms with van der Waals surface area (Å²) in [5.41, 5.74) is 4.99. The zero-order valence-electron chi connectivity index (χ0n) is 15.3. The van der Waals surface area contributed by atoms with Gasteiger partial charge in [-0.3, -0.25) is 9.59 Å². The quantitative estimate of drug-likeness (QED) is 0.792. The lowest BCUT2D eigenvalue weighted by Gasteiger charge is -2.18. The van der Waals surface area contributed by atoms with Crippen LogP contribution in [-0.4, -0.2) is 18.4 Å². The molecule has 0 aromatic heterocycles. The fourth-order valence-electron chi connectivity index (χ4n) is 3.45. The molecule has 1 fully saturated rings. The second kappa shape index (κ2) is 7.62. The van der Waals surface area contributed by atoms with Gasteiger partial charge in [-0.25, -0.2) is 0 Å². The standard InChI is InChI=1S/C21H23BrN2O2/c1-4-15-10-17(22)5-6-19(15)23-21(26)16-11-20(25)24(12-16)18-8-13(2)7-14(3)9-18/h5-10,16H,4,11-12H2,1-3H3,(H,23,26)/t16-/m0/s1. The summed E-state index contributed by atoms with van der Waals surface area (Å²) >= 11 is 3.46. The van der Waals surface area contributed by atoms with E-state index < -0.39 is 0 Å². The lowest BCUT2D eigenvalue weighted by atomic mass is 10.1. The second-order valence-electron chi connectivity index (χ2n) is 6.90. The van der Waals surface area contributed by atoms with Gasteiger partial charge in [-0.2, -0.15) is 0 Å². The number of nitrogens with one attached hydrogen (secondary N) is 1. The molecule has 136 valence electrons. The number of carbonyl (C=O) groups is 2. The Bertz CT molecular complexity index is 843. The van der Waals surface area contributed by atoms with E-state index in [2.05, 4.69) is 34.2 Å². The van der Waals surface area contributed by atoms with Crippen LogP contribution in [0.1, 0.15) is 30.0 Å². The van der Waals surface area contributed by atoms with Gasteiger partial charge in [0.1, 0.15) is 0 Å². The van der Waals surface area contributed by atoms with Gasteiger partial charge in [0, 0.05) is 28.8 Å². The van der Waals surface area contributed by atoms with Gasteiger partial charge >= 0.3 is 0 Å². The predicted octanol–water partition coefficient (Wildman–Crippen LogP) is 4.62. The van der Waals surface area contributed by atoms with E-state index in [1.807, 2.05) is 44.2 Å². The number of rotatable bonds is 4. The van der Waals surface area contributed by atoms with E-state index in [0.29, 0.717) is 6.54 Å². The molecule has 2 aromatic rings. The minimum atomic E-state index is -0.336. The molecular formula is C21H23BrN2O2.